The number of benzene rings is 1. The Labute approximate surface area is 108 Å². The minimum absolute atomic E-state index is 0.0198. The molecule has 6 nitrogen and oxygen atoms in total. The lowest BCUT2D eigenvalue weighted by Gasteiger charge is -2.08. The molecule has 2 rings (SSSR count). The molecule has 0 spiro atoms. The zero-order valence-electron chi connectivity index (χ0n) is 9.86. The Bertz CT molecular complexity index is 505. The molecule has 18 heavy (non-hydrogen) atoms. The average molecular weight is 267 g/mol. The SMILES string of the molecule is CSCCNc1cc2c(cc1[N+](=O)[O-])CC(=O)N2. The van der Waals surface area contributed by atoms with Crippen molar-refractivity contribution in [2.24, 2.45) is 0 Å². The lowest BCUT2D eigenvalue weighted by molar-refractivity contribution is -0.384. The zero-order chi connectivity index (χ0) is 13.1. The topological polar surface area (TPSA) is 84.3 Å². The molecule has 0 aromatic heterocycles. The Morgan fingerprint density at radius 3 is 3.00 bits per heavy atom. The summed E-state index contributed by atoms with van der Waals surface area (Å²) in [6, 6.07) is 3.10. The van der Waals surface area contributed by atoms with Gasteiger partial charge in [0, 0.05) is 24.1 Å². The van der Waals surface area contributed by atoms with Crippen LogP contribution < -0.4 is 10.6 Å². The molecule has 1 aromatic carbocycles. The van der Waals surface area contributed by atoms with Gasteiger partial charge < -0.3 is 10.6 Å². The molecular weight excluding hydrogens is 254 g/mol. The van der Waals surface area contributed by atoms with Crippen molar-refractivity contribution < 1.29 is 9.72 Å². The molecule has 96 valence electrons. The number of anilines is 2. The first-order valence-electron chi connectivity index (χ1n) is 5.46. The number of fused-ring (bicyclic) bond motifs is 1. The van der Waals surface area contributed by atoms with Crippen molar-refractivity contribution in [3.05, 3.63) is 27.8 Å². The number of amides is 1. The van der Waals surface area contributed by atoms with E-state index in [1.807, 2.05) is 6.26 Å². The first-order valence-corrected chi connectivity index (χ1v) is 6.85. The Balaban J connectivity index is 2.29. The summed E-state index contributed by atoms with van der Waals surface area (Å²) in [5.74, 6) is 0.737. The van der Waals surface area contributed by atoms with Crippen LogP contribution in [0.4, 0.5) is 17.1 Å². The normalized spacial score (nSPS) is 13.1. The molecule has 1 heterocycles. The molecule has 0 saturated heterocycles. The molecule has 1 aromatic rings. The Kier molecular flexibility index (Phi) is 3.71. The van der Waals surface area contributed by atoms with Gasteiger partial charge in [-0.05, 0) is 17.9 Å². The fourth-order valence-corrected chi connectivity index (χ4v) is 2.15. The summed E-state index contributed by atoms with van der Waals surface area (Å²) < 4.78 is 0. The van der Waals surface area contributed by atoms with E-state index in [1.54, 1.807) is 17.8 Å². The second-order valence-electron chi connectivity index (χ2n) is 3.93. The number of carbonyl (C=O) groups excluding carboxylic acids is 1. The van der Waals surface area contributed by atoms with E-state index in [2.05, 4.69) is 10.6 Å². The van der Waals surface area contributed by atoms with Crippen molar-refractivity contribution in [2.75, 3.05) is 29.2 Å². The minimum Gasteiger partial charge on any atom is -0.379 e. The molecule has 0 bridgehead atoms. The first kappa shape index (κ1) is 12.7. The van der Waals surface area contributed by atoms with Crippen LogP contribution in [0.15, 0.2) is 12.1 Å². The average Bonchev–Trinajstić information content (AvgIpc) is 2.67. The van der Waals surface area contributed by atoms with Gasteiger partial charge in [0.2, 0.25) is 5.91 Å². The van der Waals surface area contributed by atoms with Crippen LogP contribution in [0.3, 0.4) is 0 Å². The molecule has 1 aliphatic heterocycles. The third kappa shape index (κ3) is 2.56. The largest absolute Gasteiger partial charge is 0.379 e. The lowest BCUT2D eigenvalue weighted by atomic mass is 10.1. The Morgan fingerprint density at radius 1 is 1.56 bits per heavy atom. The summed E-state index contributed by atoms with van der Waals surface area (Å²) in [4.78, 5) is 21.8. The van der Waals surface area contributed by atoms with Crippen molar-refractivity contribution in [1.82, 2.24) is 0 Å². The number of thioether (sulfide) groups is 1. The van der Waals surface area contributed by atoms with Gasteiger partial charge >= 0.3 is 0 Å². The maximum atomic E-state index is 11.2. The predicted octanol–water partition coefficient (Wildman–Crippen LogP) is 1.86. The van der Waals surface area contributed by atoms with Gasteiger partial charge in [-0.2, -0.15) is 11.8 Å². The van der Waals surface area contributed by atoms with E-state index in [0.29, 0.717) is 23.5 Å². The van der Waals surface area contributed by atoms with Crippen LogP contribution in [0.1, 0.15) is 5.56 Å². The van der Waals surface area contributed by atoms with E-state index in [4.69, 9.17) is 0 Å². The maximum Gasteiger partial charge on any atom is 0.292 e. The van der Waals surface area contributed by atoms with Crippen LogP contribution in [0.5, 0.6) is 0 Å². The highest BCUT2D eigenvalue weighted by Gasteiger charge is 2.24. The highest BCUT2D eigenvalue weighted by atomic mass is 32.2. The fraction of sp³-hybridized carbons (Fsp3) is 0.364. The monoisotopic (exact) mass is 267 g/mol. The fourth-order valence-electron chi connectivity index (χ4n) is 1.84. The Hall–Kier alpha value is -1.76. The van der Waals surface area contributed by atoms with Crippen LogP contribution in [0.2, 0.25) is 0 Å². The smallest absolute Gasteiger partial charge is 0.292 e. The predicted molar refractivity (Wildman–Crippen MR) is 72.3 cm³/mol. The molecule has 0 fully saturated rings. The van der Waals surface area contributed by atoms with Crippen molar-refractivity contribution in [1.29, 1.82) is 0 Å². The van der Waals surface area contributed by atoms with Gasteiger partial charge in [0.15, 0.2) is 0 Å². The van der Waals surface area contributed by atoms with Crippen LogP contribution >= 0.6 is 11.8 Å². The molecule has 2 N–H and O–H groups in total. The van der Waals surface area contributed by atoms with Crippen LogP contribution in [-0.4, -0.2) is 29.4 Å². The van der Waals surface area contributed by atoms with Crippen LogP contribution in [-0.2, 0) is 11.2 Å². The second kappa shape index (κ2) is 5.26. The molecule has 0 unspecified atom stereocenters. The third-order valence-corrected chi connectivity index (χ3v) is 3.28. The van der Waals surface area contributed by atoms with Gasteiger partial charge in [0.1, 0.15) is 5.69 Å². The summed E-state index contributed by atoms with van der Waals surface area (Å²) in [6.45, 7) is 0.648. The van der Waals surface area contributed by atoms with E-state index in [-0.39, 0.29) is 18.0 Å². The summed E-state index contributed by atoms with van der Waals surface area (Å²) >= 11 is 1.66. The number of hydrogen-bond donors (Lipinski definition) is 2. The van der Waals surface area contributed by atoms with E-state index in [1.165, 1.54) is 6.07 Å². The van der Waals surface area contributed by atoms with Gasteiger partial charge in [-0.15, -0.1) is 0 Å². The molecule has 0 radical (unpaired) electrons. The number of nitrogens with one attached hydrogen (secondary N) is 2. The van der Waals surface area contributed by atoms with E-state index in [9.17, 15) is 14.9 Å². The quantitative estimate of drug-likeness (QED) is 0.483. The van der Waals surface area contributed by atoms with Crippen LogP contribution in [0.25, 0.3) is 0 Å². The number of carbonyl (C=O) groups is 1. The summed E-state index contributed by atoms with van der Waals surface area (Å²) in [5, 5.41) is 16.7. The third-order valence-electron chi connectivity index (χ3n) is 2.66. The Morgan fingerprint density at radius 2 is 2.33 bits per heavy atom. The van der Waals surface area contributed by atoms with Gasteiger partial charge in [-0.25, -0.2) is 0 Å². The molecule has 1 aliphatic rings. The molecule has 0 aliphatic carbocycles. The van der Waals surface area contributed by atoms with E-state index in [0.717, 1.165) is 5.75 Å². The van der Waals surface area contributed by atoms with Gasteiger partial charge in [-0.1, -0.05) is 0 Å². The summed E-state index contributed by atoms with van der Waals surface area (Å²) in [6.07, 6.45) is 2.18. The number of hydrogen-bond acceptors (Lipinski definition) is 5. The maximum absolute atomic E-state index is 11.2. The number of nitrogens with zero attached hydrogens (tertiary/aromatic N) is 1. The lowest BCUT2D eigenvalue weighted by Crippen LogP contribution is -2.07. The van der Waals surface area contributed by atoms with Crippen molar-refractivity contribution in [3.8, 4) is 0 Å². The number of nitro benzene ring substituents is 1. The molecule has 0 atom stereocenters. The van der Waals surface area contributed by atoms with Crippen LogP contribution in [0, 0.1) is 10.1 Å². The van der Waals surface area contributed by atoms with Crippen molar-refractivity contribution in [2.45, 2.75) is 6.42 Å². The number of nitro groups is 1. The molecule has 0 saturated carbocycles. The molecule has 1 amide bonds. The standard InChI is InChI=1S/C11H13N3O3S/c1-18-3-2-12-9-6-8-7(5-11(15)13-8)4-10(9)14(16)17/h4,6,12H,2-3,5H2,1H3,(H,13,15). The second-order valence-corrected chi connectivity index (χ2v) is 4.91. The van der Waals surface area contributed by atoms with Crippen molar-refractivity contribution in [3.63, 3.8) is 0 Å². The van der Waals surface area contributed by atoms with Gasteiger partial charge in [0.25, 0.3) is 5.69 Å². The highest BCUT2D eigenvalue weighted by Crippen LogP contribution is 2.34. The van der Waals surface area contributed by atoms with Crippen molar-refractivity contribution >= 4 is 34.7 Å². The molecular formula is C11H13N3O3S. The van der Waals surface area contributed by atoms with E-state index < -0.39 is 4.92 Å². The zero-order valence-corrected chi connectivity index (χ0v) is 10.7. The first-order chi connectivity index (χ1) is 8.61. The summed E-state index contributed by atoms with van der Waals surface area (Å²) in [5.41, 5.74) is 1.82. The van der Waals surface area contributed by atoms with Gasteiger partial charge in [0.05, 0.1) is 11.3 Å². The highest BCUT2D eigenvalue weighted by molar-refractivity contribution is 7.98. The van der Waals surface area contributed by atoms with Gasteiger partial charge in [-0.3, -0.25) is 14.9 Å². The summed E-state index contributed by atoms with van der Waals surface area (Å²) in [7, 11) is 0. The molecule has 7 heteroatoms. The van der Waals surface area contributed by atoms with E-state index >= 15 is 0 Å². The minimum atomic E-state index is -0.426. The number of rotatable bonds is 5.